The van der Waals surface area contributed by atoms with Crippen molar-refractivity contribution in [2.45, 2.75) is 82.1 Å². The van der Waals surface area contributed by atoms with Crippen LogP contribution in [0.4, 0.5) is 0 Å². The fraction of sp³-hybridized carbons (Fsp3) is 0.643. The van der Waals surface area contributed by atoms with E-state index in [4.69, 9.17) is 23.7 Å². The second kappa shape index (κ2) is 11.1. The summed E-state index contributed by atoms with van der Waals surface area (Å²) in [6, 6.07) is 3.83. The van der Waals surface area contributed by atoms with E-state index in [1.807, 2.05) is 18.2 Å². The Balaban J connectivity index is 1.71. The summed E-state index contributed by atoms with van der Waals surface area (Å²) in [5, 5.41) is 21.6. The number of carbonyl (C=O) groups excluding carboxylic acids is 2. The van der Waals surface area contributed by atoms with E-state index < -0.39 is 35.7 Å². The second-order valence-corrected chi connectivity index (χ2v) is 10.9. The summed E-state index contributed by atoms with van der Waals surface area (Å²) >= 11 is 0. The van der Waals surface area contributed by atoms with E-state index in [2.05, 4.69) is 11.8 Å². The van der Waals surface area contributed by atoms with Crippen LogP contribution in [0.1, 0.15) is 63.5 Å². The van der Waals surface area contributed by atoms with Gasteiger partial charge in [-0.15, -0.1) is 0 Å². The standard InChI is InChI=1S/C28H39NO9/c1-6-10-29-11-7-17-12-20-21(37-16-36-20)13-18(17)24-19(29)14-22(34-4)25(24)38-26(31)28(33,15-23(30)35-5)9-8-27(2,3)32/h12-14,19,24-25,32-33H,6-11,15-16H2,1-5H3/t19?,24-,25?,28?/m0/s1. The van der Waals surface area contributed by atoms with Gasteiger partial charge in [0.1, 0.15) is 5.76 Å². The van der Waals surface area contributed by atoms with E-state index in [9.17, 15) is 19.8 Å². The number of esters is 2. The van der Waals surface area contributed by atoms with Gasteiger partial charge in [-0.3, -0.25) is 9.69 Å². The average molecular weight is 534 g/mol. The van der Waals surface area contributed by atoms with Gasteiger partial charge in [0.15, 0.2) is 23.2 Å². The van der Waals surface area contributed by atoms with Gasteiger partial charge in [0.2, 0.25) is 6.79 Å². The van der Waals surface area contributed by atoms with Gasteiger partial charge in [-0.1, -0.05) is 6.92 Å². The van der Waals surface area contributed by atoms with E-state index in [-0.39, 0.29) is 31.6 Å². The Bertz CT molecular complexity index is 1080. The molecule has 1 aromatic carbocycles. The Hall–Kier alpha value is -2.82. The number of ether oxygens (including phenoxy) is 5. The van der Waals surface area contributed by atoms with Crippen molar-refractivity contribution in [3.63, 3.8) is 0 Å². The van der Waals surface area contributed by atoms with Crippen molar-refractivity contribution >= 4 is 11.9 Å². The number of nitrogens with zero attached hydrogens (tertiary/aromatic N) is 1. The predicted octanol–water partition coefficient (Wildman–Crippen LogP) is 2.44. The number of fused-ring (bicyclic) bond motifs is 4. The van der Waals surface area contributed by atoms with Crippen LogP contribution in [0.5, 0.6) is 11.5 Å². The third-order valence-electron chi connectivity index (χ3n) is 7.57. The van der Waals surface area contributed by atoms with Gasteiger partial charge in [-0.05, 0) is 75.4 Å². The summed E-state index contributed by atoms with van der Waals surface area (Å²) in [7, 11) is 2.71. The first-order valence-electron chi connectivity index (χ1n) is 13.1. The molecule has 0 spiro atoms. The molecule has 3 aliphatic rings. The molecule has 10 heteroatoms. The van der Waals surface area contributed by atoms with Crippen molar-refractivity contribution in [1.29, 1.82) is 0 Å². The van der Waals surface area contributed by atoms with Crippen molar-refractivity contribution in [2.24, 2.45) is 0 Å². The highest BCUT2D eigenvalue weighted by Crippen LogP contribution is 2.47. The minimum Gasteiger partial charge on any atom is -0.497 e. The van der Waals surface area contributed by atoms with Crippen LogP contribution in [-0.2, 0) is 30.2 Å². The van der Waals surface area contributed by atoms with Crippen molar-refractivity contribution < 1.29 is 43.5 Å². The third kappa shape index (κ3) is 5.77. The molecule has 0 saturated heterocycles. The fourth-order valence-corrected chi connectivity index (χ4v) is 5.52. The van der Waals surface area contributed by atoms with Crippen LogP contribution in [-0.4, -0.2) is 84.5 Å². The van der Waals surface area contributed by atoms with Crippen LogP contribution in [0.25, 0.3) is 0 Å². The monoisotopic (exact) mass is 533 g/mol. The molecule has 3 unspecified atom stereocenters. The van der Waals surface area contributed by atoms with E-state index in [0.29, 0.717) is 17.3 Å². The zero-order valence-electron chi connectivity index (χ0n) is 22.8. The Morgan fingerprint density at radius 2 is 1.84 bits per heavy atom. The van der Waals surface area contributed by atoms with Gasteiger partial charge in [0, 0.05) is 18.5 Å². The molecule has 1 aromatic rings. The number of hydrogen-bond donors (Lipinski definition) is 2. The first kappa shape index (κ1) is 28.2. The van der Waals surface area contributed by atoms with Crippen LogP contribution in [0.2, 0.25) is 0 Å². The van der Waals surface area contributed by atoms with E-state index in [0.717, 1.165) is 37.1 Å². The molecule has 0 bridgehead atoms. The van der Waals surface area contributed by atoms with E-state index in [1.54, 1.807) is 13.8 Å². The molecule has 2 N–H and O–H groups in total. The molecule has 0 fully saturated rings. The molecule has 10 nitrogen and oxygen atoms in total. The number of carbonyl (C=O) groups is 2. The molecule has 210 valence electrons. The molecule has 38 heavy (non-hydrogen) atoms. The number of aliphatic hydroxyl groups is 2. The lowest BCUT2D eigenvalue weighted by molar-refractivity contribution is -0.179. The SMILES string of the molecule is CCCN1CCc2cc3c(cc2[C@@H]2C(OC(=O)C(O)(CCC(C)(C)O)CC(=O)OC)C(OC)=CC21)OCO3. The highest BCUT2D eigenvalue weighted by atomic mass is 16.7. The maximum absolute atomic E-state index is 13.6. The predicted molar refractivity (Wildman–Crippen MR) is 137 cm³/mol. The van der Waals surface area contributed by atoms with Gasteiger partial charge in [0.25, 0.3) is 0 Å². The second-order valence-electron chi connectivity index (χ2n) is 10.9. The normalized spacial score (nSPS) is 24.0. The van der Waals surface area contributed by atoms with Gasteiger partial charge in [-0.2, -0.15) is 0 Å². The highest BCUT2D eigenvalue weighted by molar-refractivity contribution is 5.86. The molecule has 0 amide bonds. The lowest BCUT2D eigenvalue weighted by Crippen LogP contribution is -2.47. The molecule has 0 aromatic heterocycles. The molecule has 1 aliphatic carbocycles. The quantitative estimate of drug-likeness (QED) is 0.434. The van der Waals surface area contributed by atoms with Gasteiger partial charge >= 0.3 is 11.9 Å². The zero-order chi connectivity index (χ0) is 27.7. The first-order valence-corrected chi connectivity index (χ1v) is 13.1. The van der Waals surface area contributed by atoms with E-state index >= 15 is 0 Å². The zero-order valence-corrected chi connectivity index (χ0v) is 22.8. The van der Waals surface area contributed by atoms with Crippen molar-refractivity contribution in [3.05, 3.63) is 35.1 Å². The molecular formula is C28H39NO9. The third-order valence-corrected chi connectivity index (χ3v) is 7.57. The lowest BCUT2D eigenvalue weighted by Gasteiger charge is -2.34. The number of hydrogen-bond acceptors (Lipinski definition) is 10. The molecule has 2 aliphatic heterocycles. The molecule has 0 saturated carbocycles. The summed E-state index contributed by atoms with van der Waals surface area (Å²) in [6.45, 7) is 7.04. The van der Waals surface area contributed by atoms with E-state index in [1.165, 1.54) is 14.2 Å². The van der Waals surface area contributed by atoms with Crippen LogP contribution >= 0.6 is 0 Å². The van der Waals surface area contributed by atoms with Crippen LogP contribution in [0.15, 0.2) is 24.0 Å². The van der Waals surface area contributed by atoms with Crippen molar-refractivity contribution in [2.75, 3.05) is 34.1 Å². The minimum absolute atomic E-state index is 0.0654. The van der Waals surface area contributed by atoms with Gasteiger partial charge < -0.3 is 33.9 Å². The smallest absolute Gasteiger partial charge is 0.339 e. The Morgan fingerprint density at radius 3 is 2.47 bits per heavy atom. The number of methoxy groups -OCH3 is 2. The number of rotatable bonds is 10. The molecule has 2 heterocycles. The summed E-state index contributed by atoms with van der Waals surface area (Å²) in [5.41, 5.74) is -1.31. The fourth-order valence-electron chi connectivity index (χ4n) is 5.52. The Morgan fingerprint density at radius 1 is 1.13 bits per heavy atom. The van der Waals surface area contributed by atoms with Crippen LogP contribution in [0, 0.1) is 0 Å². The summed E-state index contributed by atoms with van der Waals surface area (Å²) in [6.07, 6.45) is 2.15. The van der Waals surface area contributed by atoms with Crippen molar-refractivity contribution in [3.8, 4) is 11.5 Å². The van der Waals surface area contributed by atoms with Gasteiger partial charge in [0.05, 0.1) is 26.2 Å². The Labute approximate surface area is 223 Å². The Kier molecular flexibility index (Phi) is 8.25. The van der Waals surface area contributed by atoms with Gasteiger partial charge in [-0.25, -0.2) is 4.79 Å². The minimum atomic E-state index is -2.18. The molecule has 4 rings (SSSR count). The maximum atomic E-state index is 13.6. The highest BCUT2D eigenvalue weighted by Gasteiger charge is 2.50. The van der Waals surface area contributed by atoms with Crippen LogP contribution < -0.4 is 9.47 Å². The van der Waals surface area contributed by atoms with Crippen LogP contribution in [0.3, 0.4) is 0 Å². The first-order chi connectivity index (χ1) is 18.0. The lowest BCUT2D eigenvalue weighted by atomic mass is 9.86. The maximum Gasteiger partial charge on any atom is 0.339 e. The molecule has 0 radical (unpaired) electrons. The number of benzene rings is 1. The summed E-state index contributed by atoms with van der Waals surface area (Å²) in [5.74, 6) is -0.250. The average Bonchev–Trinajstić information content (AvgIpc) is 3.44. The summed E-state index contributed by atoms with van der Waals surface area (Å²) in [4.78, 5) is 28.1. The largest absolute Gasteiger partial charge is 0.497 e. The molecular weight excluding hydrogens is 494 g/mol. The summed E-state index contributed by atoms with van der Waals surface area (Å²) < 4.78 is 27.8. The molecule has 4 atom stereocenters. The topological polar surface area (TPSA) is 124 Å². The van der Waals surface area contributed by atoms with Crippen molar-refractivity contribution in [1.82, 2.24) is 4.90 Å².